The Labute approximate surface area is 113 Å². The van der Waals surface area contributed by atoms with Crippen molar-refractivity contribution in [1.82, 2.24) is 15.1 Å². The summed E-state index contributed by atoms with van der Waals surface area (Å²) in [6.07, 6.45) is 9.79. The van der Waals surface area contributed by atoms with Crippen LogP contribution in [0.4, 0.5) is 0 Å². The maximum Gasteiger partial charge on any atom is 0.0113 e. The van der Waals surface area contributed by atoms with Crippen molar-refractivity contribution in [3.63, 3.8) is 0 Å². The normalized spacial score (nSPS) is 33.0. The quantitative estimate of drug-likeness (QED) is 0.730. The van der Waals surface area contributed by atoms with Crippen molar-refractivity contribution < 1.29 is 0 Å². The summed E-state index contributed by atoms with van der Waals surface area (Å²) in [5.41, 5.74) is 0. The molecular weight excluding hydrogens is 222 g/mol. The third kappa shape index (κ3) is 3.69. The van der Waals surface area contributed by atoms with Gasteiger partial charge in [-0.05, 0) is 72.8 Å². The van der Waals surface area contributed by atoms with Gasteiger partial charge in [-0.3, -0.25) is 4.90 Å². The molecule has 18 heavy (non-hydrogen) atoms. The minimum absolute atomic E-state index is 0.776. The van der Waals surface area contributed by atoms with E-state index in [-0.39, 0.29) is 0 Å². The standard InChI is InChI=1S/C15H31N3/c1-16-13-11-14-7-6-8-15(12-13)18(14)10-5-4-9-17(2)3/h13-16H,4-12H2,1-3H3. The molecule has 0 aromatic heterocycles. The number of fused-ring (bicyclic) bond motifs is 2. The molecule has 0 radical (unpaired) electrons. The Morgan fingerprint density at radius 3 is 2.33 bits per heavy atom. The molecule has 2 fully saturated rings. The largest absolute Gasteiger partial charge is 0.317 e. The molecule has 106 valence electrons. The molecule has 1 N–H and O–H groups in total. The van der Waals surface area contributed by atoms with Gasteiger partial charge < -0.3 is 10.2 Å². The predicted octanol–water partition coefficient (Wildman–Crippen LogP) is 1.93. The lowest BCUT2D eigenvalue weighted by atomic mass is 9.81. The number of nitrogens with one attached hydrogen (secondary N) is 1. The van der Waals surface area contributed by atoms with Crippen LogP contribution in [0.1, 0.15) is 44.9 Å². The van der Waals surface area contributed by atoms with Crippen molar-refractivity contribution in [3.05, 3.63) is 0 Å². The smallest absolute Gasteiger partial charge is 0.0113 e. The minimum Gasteiger partial charge on any atom is -0.317 e. The first-order valence-corrected chi connectivity index (χ1v) is 7.78. The van der Waals surface area contributed by atoms with E-state index in [1.807, 2.05) is 0 Å². The van der Waals surface area contributed by atoms with Gasteiger partial charge in [-0.2, -0.15) is 0 Å². The van der Waals surface area contributed by atoms with Gasteiger partial charge in [0.1, 0.15) is 0 Å². The topological polar surface area (TPSA) is 18.5 Å². The molecule has 2 bridgehead atoms. The van der Waals surface area contributed by atoms with E-state index in [1.54, 1.807) is 0 Å². The molecule has 3 heteroatoms. The van der Waals surface area contributed by atoms with Gasteiger partial charge in [0, 0.05) is 18.1 Å². The van der Waals surface area contributed by atoms with Gasteiger partial charge in [0.15, 0.2) is 0 Å². The average molecular weight is 253 g/mol. The van der Waals surface area contributed by atoms with E-state index in [2.05, 4.69) is 36.3 Å². The maximum absolute atomic E-state index is 3.50. The highest BCUT2D eigenvalue weighted by molar-refractivity contribution is 4.94. The summed E-state index contributed by atoms with van der Waals surface area (Å²) >= 11 is 0. The van der Waals surface area contributed by atoms with Crippen LogP contribution in [0.2, 0.25) is 0 Å². The van der Waals surface area contributed by atoms with Crippen molar-refractivity contribution >= 4 is 0 Å². The SMILES string of the molecule is CNC1CC2CCCC(C1)N2CCCCN(C)C. The van der Waals surface area contributed by atoms with Crippen molar-refractivity contribution in [2.75, 3.05) is 34.2 Å². The highest BCUT2D eigenvalue weighted by Crippen LogP contribution is 2.34. The summed E-state index contributed by atoms with van der Waals surface area (Å²) in [6.45, 7) is 2.57. The Balaban J connectivity index is 1.77. The van der Waals surface area contributed by atoms with E-state index < -0.39 is 0 Å². The van der Waals surface area contributed by atoms with Gasteiger partial charge in [-0.25, -0.2) is 0 Å². The number of unbranched alkanes of at least 4 members (excludes halogenated alkanes) is 1. The monoisotopic (exact) mass is 253 g/mol. The molecule has 2 heterocycles. The number of nitrogens with zero attached hydrogens (tertiary/aromatic N) is 2. The summed E-state index contributed by atoms with van der Waals surface area (Å²) in [6, 6.07) is 2.52. The molecule has 2 rings (SSSR count). The molecule has 2 unspecified atom stereocenters. The van der Waals surface area contributed by atoms with Crippen LogP contribution in [0.15, 0.2) is 0 Å². The molecule has 2 atom stereocenters. The van der Waals surface area contributed by atoms with Crippen LogP contribution in [0, 0.1) is 0 Å². The first-order chi connectivity index (χ1) is 8.70. The van der Waals surface area contributed by atoms with Crippen molar-refractivity contribution in [2.45, 2.75) is 63.1 Å². The van der Waals surface area contributed by atoms with Gasteiger partial charge in [0.25, 0.3) is 0 Å². The lowest BCUT2D eigenvalue weighted by Gasteiger charge is -2.49. The second-order valence-corrected chi connectivity index (χ2v) is 6.44. The van der Waals surface area contributed by atoms with Gasteiger partial charge in [0.05, 0.1) is 0 Å². The van der Waals surface area contributed by atoms with Crippen molar-refractivity contribution in [2.24, 2.45) is 0 Å². The first kappa shape index (κ1) is 14.3. The lowest BCUT2D eigenvalue weighted by Crippen LogP contribution is -2.55. The molecule has 2 aliphatic heterocycles. The van der Waals surface area contributed by atoms with Crippen molar-refractivity contribution in [3.8, 4) is 0 Å². The lowest BCUT2D eigenvalue weighted by molar-refractivity contribution is 0.0245. The van der Waals surface area contributed by atoms with E-state index >= 15 is 0 Å². The molecular formula is C15H31N3. The predicted molar refractivity (Wildman–Crippen MR) is 78.0 cm³/mol. The fraction of sp³-hybridized carbons (Fsp3) is 1.00. The molecule has 0 aromatic carbocycles. The van der Waals surface area contributed by atoms with Crippen LogP contribution in [0.5, 0.6) is 0 Å². The Hall–Kier alpha value is -0.120. The van der Waals surface area contributed by atoms with Crippen LogP contribution >= 0.6 is 0 Å². The summed E-state index contributed by atoms with van der Waals surface area (Å²) in [7, 11) is 6.48. The zero-order valence-electron chi connectivity index (χ0n) is 12.5. The van der Waals surface area contributed by atoms with Gasteiger partial charge in [-0.1, -0.05) is 6.42 Å². The third-order valence-corrected chi connectivity index (χ3v) is 4.81. The summed E-state index contributed by atoms with van der Waals surface area (Å²) in [4.78, 5) is 5.14. The number of hydrogen-bond acceptors (Lipinski definition) is 3. The van der Waals surface area contributed by atoms with E-state index in [9.17, 15) is 0 Å². The van der Waals surface area contributed by atoms with Gasteiger partial charge in [-0.15, -0.1) is 0 Å². The molecule has 0 aromatic rings. The van der Waals surface area contributed by atoms with Crippen LogP contribution in [0.25, 0.3) is 0 Å². The molecule has 3 nitrogen and oxygen atoms in total. The van der Waals surface area contributed by atoms with Crippen LogP contribution in [-0.4, -0.2) is 62.2 Å². The van der Waals surface area contributed by atoms with Gasteiger partial charge in [0.2, 0.25) is 0 Å². The van der Waals surface area contributed by atoms with E-state index in [1.165, 1.54) is 58.0 Å². The highest BCUT2D eigenvalue weighted by atomic mass is 15.2. The molecule has 0 saturated carbocycles. The fourth-order valence-corrected chi connectivity index (χ4v) is 3.80. The zero-order chi connectivity index (χ0) is 13.0. The summed E-state index contributed by atoms with van der Waals surface area (Å²) < 4.78 is 0. The number of piperidine rings is 2. The fourth-order valence-electron chi connectivity index (χ4n) is 3.80. The van der Waals surface area contributed by atoms with E-state index in [0.29, 0.717) is 0 Å². The second kappa shape index (κ2) is 6.88. The first-order valence-electron chi connectivity index (χ1n) is 7.78. The Bertz CT molecular complexity index is 228. The third-order valence-electron chi connectivity index (χ3n) is 4.81. The average Bonchev–Trinajstić information content (AvgIpc) is 2.33. The molecule has 2 saturated heterocycles. The Morgan fingerprint density at radius 1 is 1.11 bits per heavy atom. The van der Waals surface area contributed by atoms with Crippen LogP contribution in [-0.2, 0) is 0 Å². The highest BCUT2D eigenvalue weighted by Gasteiger charge is 2.36. The van der Waals surface area contributed by atoms with Gasteiger partial charge >= 0.3 is 0 Å². The van der Waals surface area contributed by atoms with Crippen molar-refractivity contribution in [1.29, 1.82) is 0 Å². The number of rotatable bonds is 6. The Kier molecular flexibility index (Phi) is 5.46. The summed E-state index contributed by atoms with van der Waals surface area (Å²) in [5, 5.41) is 3.50. The molecule has 0 aliphatic carbocycles. The second-order valence-electron chi connectivity index (χ2n) is 6.44. The molecule has 2 aliphatic rings. The minimum atomic E-state index is 0.776. The summed E-state index contributed by atoms with van der Waals surface area (Å²) in [5.74, 6) is 0. The molecule has 0 spiro atoms. The Morgan fingerprint density at radius 2 is 1.78 bits per heavy atom. The van der Waals surface area contributed by atoms with E-state index in [4.69, 9.17) is 0 Å². The van der Waals surface area contributed by atoms with Crippen LogP contribution in [0.3, 0.4) is 0 Å². The van der Waals surface area contributed by atoms with Crippen LogP contribution < -0.4 is 5.32 Å². The molecule has 0 amide bonds. The van der Waals surface area contributed by atoms with E-state index in [0.717, 1.165) is 18.1 Å². The maximum atomic E-state index is 3.50. The number of hydrogen-bond donors (Lipinski definition) is 1. The zero-order valence-corrected chi connectivity index (χ0v) is 12.5.